The first-order chi connectivity index (χ1) is 12.3. The number of pyridine rings is 1. The van der Waals surface area contributed by atoms with Gasteiger partial charge in [0.1, 0.15) is 17.9 Å². The number of aromatic nitrogens is 4. The number of hydrogen-bond acceptors (Lipinski definition) is 5. The van der Waals surface area contributed by atoms with Crippen LogP contribution in [0.3, 0.4) is 0 Å². The molecule has 1 saturated heterocycles. The topological polar surface area (TPSA) is 64.9 Å². The summed E-state index contributed by atoms with van der Waals surface area (Å²) in [6, 6.07) is 10.1. The molecule has 6 nitrogen and oxygen atoms in total. The Morgan fingerprint density at radius 2 is 2.24 bits per heavy atom. The highest BCUT2D eigenvalue weighted by Gasteiger charge is 2.18. The molecule has 4 rings (SSSR count). The number of aryl methyl sites for hydroxylation is 1. The van der Waals surface area contributed by atoms with E-state index in [1.54, 1.807) is 0 Å². The molecule has 0 saturated carbocycles. The zero-order valence-electron chi connectivity index (χ0n) is 14.5. The molecule has 2 aromatic heterocycles. The average Bonchev–Trinajstić information content (AvgIpc) is 3.12. The summed E-state index contributed by atoms with van der Waals surface area (Å²) in [7, 11) is 0. The van der Waals surface area contributed by atoms with Crippen molar-refractivity contribution in [1.29, 1.82) is 0 Å². The van der Waals surface area contributed by atoms with Crippen LogP contribution in [0, 0.1) is 6.92 Å². The predicted octanol–water partition coefficient (Wildman–Crippen LogP) is 2.68. The van der Waals surface area contributed by atoms with Gasteiger partial charge in [-0.15, -0.1) is 5.10 Å². The molecule has 1 aromatic carbocycles. The van der Waals surface area contributed by atoms with Crippen LogP contribution in [0.1, 0.15) is 30.1 Å². The summed E-state index contributed by atoms with van der Waals surface area (Å²) in [5.74, 6) is 1.30. The third-order valence-corrected chi connectivity index (χ3v) is 4.67. The van der Waals surface area contributed by atoms with E-state index in [1.807, 2.05) is 36.0 Å². The molecule has 1 N–H and O–H groups in total. The summed E-state index contributed by atoms with van der Waals surface area (Å²) in [5, 5.41) is 13.1. The number of piperidine rings is 1. The molecule has 0 spiro atoms. The first-order valence-electron chi connectivity index (χ1n) is 8.89. The Morgan fingerprint density at radius 3 is 3.12 bits per heavy atom. The zero-order chi connectivity index (χ0) is 17.1. The number of nitrogens with one attached hydrogen (secondary N) is 1. The van der Waals surface area contributed by atoms with Crippen molar-refractivity contribution in [3.05, 3.63) is 47.9 Å². The normalized spacial score (nSPS) is 17.7. The van der Waals surface area contributed by atoms with Gasteiger partial charge in [0.15, 0.2) is 0 Å². The molecule has 130 valence electrons. The summed E-state index contributed by atoms with van der Waals surface area (Å²) in [6.07, 6.45) is 4.43. The standard InChI is InChI=1S/C19H23N5O/c1-14-7-8-15-4-2-6-18(19(15)21-14)25-11-10-24-13-17(22-23-24)16-5-3-9-20-12-16/h2,4,6-8,13,16,20H,3,5,9-12H2,1H3. The molecule has 0 aliphatic carbocycles. The molecule has 0 radical (unpaired) electrons. The maximum absolute atomic E-state index is 5.97. The molecule has 6 heteroatoms. The Bertz CT molecular complexity index is 854. The van der Waals surface area contributed by atoms with Crippen LogP contribution in [0.4, 0.5) is 0 Å². The van der Waals surface area contributed by atoms with Crippen LogP contribution in [0.5, 0.6) is 5.75 Å². The van der Waals surface area contributed by atoms with Gasteiger partial charge in [-0.1, -0.05) is 23.4 Å². The maximum atomic E-state index is 5.97. The largest absolute Gasteiger partial charge is 0.489 e. The highest BCUT2D eigenvalue weighted by Crippen LogP contribution is 2.24. The van der Waals surface area contributed by atoms with Crippen LogP contribution < -0.4 is 10.1 Å². The first-order valence-corrected chi connectivity index (χ1v) is 8.89. The minimum atomic E-state index is 0.480. The Hall–Kier alpha value is -2.47. The van der Waals surface area contributed by atoms with Crippen LogP contribution in [0.15, 0.2) is 36.5 Å². The fraction of sp³-hybridized carbons (Fsp3) is 0.421. The van der Waals surface area contributed by atoms with Gasteiger partial charge in [-0.05, 0) is 38.4 Å². The quantitative estimate of drug-likeness (QED) is 0.775. The second-order valence-corrected chi connectivity index (χ2v) is 6.58. The fourth-order valence-corrected chi connectivity index (χ4v) is 3.30. The van der Waals surface area contributed by atoms with Gasteiger partial charge in [0.2, 0.25) is 0 Å². The Morgan fingerprint density at radius 1 is 1.28 bits per heavy atom. The second-order valence-electron chi connectivity index (χ2n) is 6.58. The number of para-hydroxylation sites is 1. The third-order valence-electron chi connectivity index (χ3n) is 4.67. The van der Waals surface area contributed by atoms with Crippen LogP contribution in [-0.4, -0.2) is 39.7 Å². The van der Waals surface area contributed by atoms with Gasteiger partial charge in [-0.25, -0.2) is 9.67 Å². The third kappa shape index (κ3) is 3.64. The van der Waals surface area contributed by atoms with Crippen molar-refractivity contribution < 1.29 is 4.74 Å². The lowest BCUT2D eigenvalue weighted by Gasteiger charge is -2.20. The minimum Gasteiger partial charge on any atom is -0.489 e. The summed E-state index contributed by atoms with van der Waals surface area (Å²) in [6.45, 7) is 5.32. The smallest absolute Gasteiger partial charge is 0.145 e. The SMILES string of the molecule is Cc1ccc2cccc(OCCn3cc(C4CCCNC4)nn3)c2n1. The van der Waals surface area contributed by atoms with Crippen molar-refractivity contribution in [3.63, 3.8) is 0 Å². The van der Waals surface area contributed by atoms with Gasteiger partial charge in [-0.3, -0.25) is 0 Å². The van der Waals surface area contributed by atoms with Crippen molar-refractivity contribution in [1.82, 2.24) is 25.3 Å². The van der Waals surface area contributed by atoms with E-state index >= 15 is 0 Å². The van der Waals surface area contributed by atoms with Crippen molar-refractivity contribution in [2.75, 3.05) is 19.7 Å². The zero-order valence-corrected chi connectivity index (χ0v) is 14.5. The van der Waals surface area contributed by atoms with E-state index in [9.17, 15) is 0 Å². The van der Waals surface area contributed by atoms with Gasteiger partial charge in [0.25, 0.3) is 0 Å². The van der Waals surface area contributed by atoms with Crippen molar-refractivity contribution in [2.45, 2.75) is 32.2 Å². The van der Waals surface area contributed by atoms with E-state index in [1.165, 1.54) is 12.8 Å². The highest BCUT2D eigenvalue weighted by molar-refractivity contribution is 5.84. The number of benzene rings is 1. The molecule has 1 aliphatic rings. The first kappa shape index (κ1) is 16.0. The molecule has 1 atom stereocenters. The van der Waals surface area contributed by atoms with E-state index in [0.29, 0.717) is 19.1 Å². The van der Waals surface area contributed by atoms with Gasteiger partial charge in [0, 0.05) is 29.7 Å². The average molecular weight is 337 g/mol. The van der Waals surface area contributed by atoms with Crippen LogP contribution in [0.2, 0.25) is 0 Å². The van der Waals surface area contributed by atoms with Crippen molar-refractivity contribution in [3.8, 4) is 5.75 Å². The number of nitrogens with zero attached hydrogens (tertiary/aromatic N) is 4. The molecule has 25 heavy (non-hydrogen) atoms. The fourth-order valence-electron chi connectivity index (χ4n) is 3.30. The minimum absolute atomic E-state index is 0.480. The molecule has 1 fully saturated rings. The Labute approximate surface area is 147 Å². The van der Waals surface area contributed by atoms with E-state index in [-0.39, 0.29) is 0 Å². The lowest BCUT2D eigenvalue weighted by Crippen LogP contribution is -2.28. The lowest BCUT2D eigenvalue weighted by molar-refractivity contribution is 0.292. The molecule has 1 aliphatic heterocycles. The van der Waals surface area contributed by atoms with E-state index in [0.717, 1.165) is 41.1 Å². The van der Waals surface area contributed by atoms with Gasteiger partial charge in [0.05, 0.1) is 12.2 Å². The molecule has 3 aromatic rings. The second kappa shape index (κ2) is 7.19. The summed E-state index contributed by atoms with van der Waals surface area (Å²) < 4.78 is 7.84. The van der Waals surface area contributed by atoms with E-state index in [4.69, 9.17) is 4.74 Å². The molecule has 3 heterocycles. The van der Waals surface area contributed by atoms with Crippen LogP contribution in [0.25, 0.3) is 10.9 Å². The molecular weight excluding hydrogens is 314 g/mol. The van der Waals surface area contributed by atoms with Gasteiger partial charge >= 0.3 is 0 Å². The number of fused-ring (bicyclic) bond motifs is 1. The monoisotopic (exact) mass is 337 g/mol. The summed E-state index contributed by atoms with van der Waals surface area (Å²) >= 11 is 0. The van der Waals surface area contributed by atoms with Crippen LogP contribution >= 0.6 is 0 Å². The lowest BCUT2D eigenvalue weighted by atomic mass is 9.97. The van der Waals surface area contributed by atoms with Crippen molar-refractivity contribution >= 4 is 10.9 Å². The highest BCUT2D eigenvalue weighted by atomic mass is 16.5. The molecule has 0 bridgehead atoms. The molecular formula is C19H23N5O. The predicted molar refractivity (Wildman–Crippen MR) is 96.8 cm³/mol. The number of ether oxygens (including phenoxy) is 1. The van der Waals surface area contributed by atoms with Crippen molar-refractivity contribution in [2.24, 2.45) is 0 Å². The van der Waals surface area contributed by atoms with E-state index in [2.05, 4.69) is 32.7 Å². The van der Waals surface area contributed by atoms with E-state index < -0.39 is 0 Å². The van der Waals surface area contributed by atoms with Gasteiger partial charge < -0.3 is 10.1 Å². The molecule has 0 amide bonds. The number of hydrogen-bond donors (Lipinski definition) is 1. The van der Waals surface area contributed by atoms with Crippen LogP contribution in [-0.2, 0) is 6.54 Å². The Kier molecular flexibility index (Phi) is 4.61. The summed E-state index contributed by atoms with van der Waals surface area (Å²) in [4.78, 5) is 4.60. The summed E-state index contributed by atoms with van der Waals surface area (Å²) in [5.41, 5.74) is 2.98. The number of rotatable bonds is 5. The Balaban J connectivity index is 1.40. The van der Waals surface area contributed by atoms with Gasteiger partial charge in [-0.2, -0.15) is 0 Å². The molecule has 1 unspecified atom stereocenters. The maximum Gasteiger partial charge on any atom is 0.145 e.